The molecule has 0 aliphatic heterocycles. The van der Waals surface area contributed by atoms with Crippen molar-refractivity contribution >= 4 is 22.0 Å². The van der Waals surface area contributed by atoms with Gasteiger partial charge in [0.05, 0.1) is 4.47 Å². The van der Waals surface area contributed by atoms with Gasteiger partial charge in [0.15, 0.2) is 0 Å². The highest BCUT2D eigenvalue weighted by Crippen LogP contribution is 2.50. The van der Waals surface area contributed by atoms with Gasteiger partial charge >= 0.3 is 0 Å². The van der Waals surface area contributed by atoms with E-state index in [1.54, 1.807) is 0 Å². The lowest BCUT2D eigenvalue weighted by molar-refractivity contribution is 0.534. The molecule has 0 spiro atoms. The van der Waals surface area contributed by atoms with Gasteiger partial charge < -0.3 is 0 Å². The first kappa shape index (κ1) is 10.5. The molecule has 1 aliphatic carbocycles. The summed E-state index contributed by atoms with van der Waals surface area (Å²) in [7, 11) is 0. The van der Waals surface area contributed by atoms with E-state index in [1.165, 1.54) is 12.1 Å². The normalized spacial score (nSPS) is 17.0. The van der Waals surface area contributed by atoms with Gasteiger partial charge in [0, 0.05) is 5.56 Å². The highest BCUT2D eigenvalue weighted by Gasteiger charge is 2.47. The third-order valence-electron chi connectivity index (χ3n) is 2.52. The van der Waals surface area contributed by atoms with Crippen LogP contribution in [0.1, 0.15) is 18.4 Å². The Hall–Kier alpha value is -1.06. The Morgan fingerprint density at radius 3 is 2.60 bits per heavy atom. The first-order valence-electron chi connectivity index (χ1n) is 4.34. The molecule has 1 aromatic carbocycles. The topological polar surface area (TPSA) is 29.4 Å². The van der Waals surface area contributed by atoms with E-state index < -0.39 is 17.2 Å². The number of aliphatic imine (C=N–C) groups is 1. The molecular formula is C10H6BrF2NO. The molecule has 0 N–H and O–H groups in total. The van der Waals surface area contributed by atoms with Gasteiger partial charge in [-0.2, -0.15) is 4.99 Å². The Bertz CT molecular complexity index is 465. The second-order valence-electron chi connectivity index (χ2n) is 3.46. The van der Waals surface area contributed by atoms with Gasteiger partial charge in [-0.15, -0.1) is 0 Å². The van der Waals surface area contributed by atoms with Crippen LogP contribution in [0.3, 0.4) is 0 Å². The van der Waals surface area contributed by atoms with Crippen LogP contribution in [-0.4, -0.2) is 6.08 Å². The Morgan fingerprint density at radius 1 is 1.40 bits per heavy atom. The standard InChI is InChI=1S/C10H6BrF2NO/c11-8-7(12)2-1-6(9(8)13)10(3-4-10)14-5-15/h1-2H,3-4H2. The van der Waals surface area contributed by atoms with Crippen molar-refractivity contribution in [3.63, 3.8) is 0 Å². The summed E-state index contributed by atoms with van der Waals surface area (Å²) < 4.78 is 26.4. The van der Waals surface area contributed by atoms with Gasteiger partial charge in [-0.3, -0.25) is 0 Å². The Morgan fingerprint density at radius 2 is 2.07 bits per heavy atom. The summed E-state index contributed by atoms with van der Waals surface area (Å²) in [5, 5.41) is 0. The lowest BCUT2D eigenvalue weighted by Crippen LogP contribution is -2.06. The maximum absolute atomic E-state index is 13.6. The van der Waals surface area contributed by atoms with Crippen molar-refractivity contribution in [2.75, 3.05) is 0 Å². The van der Waals surface area contributed by atoms with Crippen LogP contribution in [-0.2, 0) is 10.3 Å². The molecule has 5 heteroatoms. The van der Waals surface area contributed by atoms with Gasteiger partial charge in [0.1, 0.15) is 17.2 Å². The average molecular weight is 274 g/mol. The third kappa shape index (κ3) is 1.62. The van der Waals surface area contributed by atoms with Crippen molar-refractivity contribution in [3.8, 4) is 0 Å². The Balaban J connectivity index is 2.55. The summed E-state index contributed by atoms with van der Waals surface area (Å²) in [4.78, 5) is 13.8. The fourth-order valence-corrected chi connectivity index (χ4v) is 1.88. The monoisotopic (exact) mass is 273 g/mol. The molecule has 2 rings (SSSR count). The zero-order valence-electron chi connectivity index (χ0n) is 7.56. The van der Waals surface area contributed by atoms with Gasteiger partial charge in [0.25, 0.3) is 0 Å². The number of rotatable bonds is 2. The molecule has 0 amide bonds. The second-order valence-corrected chi connectivity index (χ2v) is 4.25. The fourth-order valence-electron chi connectivity index (χ4n) is 1.53. The van der Waals surface area contributed by atoms with Crippen LogP contribution < -0.4 is 0 Å². The Kier molecular flexibility index (Phi) is 2.44. The van der Waals surface area contributed by atoms with E-state index in [4.69, 9.17) is 0 Å². The van der Waals surface area contributed by atoms with E-state index in [0.29, 0.717) is 12.8 Å². The number of isocyanates is 1. The van der Waals surface area contributed by atoms with Crippen LogP contribution in [0, 0.1) is 11.6 Å². The first-order chi connectivity index (χ1) is 7.10. The molecule has 1 aromatic rings. The maximum Gasteiger partial charge on any atom is 0.235 e. The van der Waals surface area contributed by atoms with Gasteiger partial charge in [-0.1, -0.05) is 6.07 Å². The van der Waals surface area contributed by atoms with E-state index in [2.05, 4.69) is 20.9 Å². The molecule has 1 saturated carbocycles. The largest absolute Gasteiger partial charge is 0.235 e. The molecule has 1 fully saturated rings. The highest BCUT2D eigenvalue weighted by atomic mass is 79.9. The predicted octanol–water partition coefficient (Wildman–Crippen LogP) is 3.05. The zero-order valence-corrected chi connectivity index (χ0v) is 9.14. The number of benzene rings is 1. The van der Waals surface area contributed by atoms with Crippen LogP contribution in [0.4, 0.5) is 8.78 Å². The molecule has 0 atom stereocenters. The highest BCUT2D eigenvalue weighted by molar-refractivity contribution is 9.10. The minimum Gasteiger partial charge on any atom is -0.211 e. The quantitative estimate of drug-likeness (QED) is 0.463. The summed E-state index contributed by atoms with van der Waals surface area (Å²) in [5.74, 6) is -1.35. The van der Waals surface area contributed by atoms with E-state index in [1.807, 2.05) is 0 Å². The number of nitrogens with zero attached hydrogens (tertiary/aromatic N) is 1. The van der Waals surface area contributed by atoms with Crippen molar-refractivity contribution in [2.45, 2.75) is 18.4 Å². The van der Waals surface area contributed by atoms with Gasteiger partial charge in [-0.25, -0.2) is 13.6 Å². The third-order valence-corrected chi connectivity index (χ3v) is 3.25. The maximum atomic E-state index is 13.6. The summed E-state index contributed by atoms with van der Waals surface area (Å²) in [6.07, 6.45) is 2.62. The fraction of sp³-hybridized carbons (Fsp3) is 0.300. The van der Waals surface area contributed by atoms with Crippen molar-refractivity contribution in [1.29, 1.82) is 0 Å². The molecule has 0 bridgehead atoms. The molecule has 0 unspecified atom stereocenters. The number of hydrogen-bond acceptors (Lipinski definition) is 2. The number of carbonyl (C=O) groups excluding carboxylic acids is 1. The van der Waals surface area contributed by atoms with Crippen molar-refractivity contribution in [3.05, 3.63) is 33.8 Å². The molecular weight excluding hydrogens is 268 g/mol. The molecule has 15 heavy (non-hydrogen) atoms. The molecule has 78 valence electrons. The van der Waals surface area contributed by atoms with E-state index in [-0.39, 0.29) is 10.0 Å². The van der Waals surface area contributed by atoms with E-state index in [9.17, 15) is 13.6 Å². The molecule has 2 nitrogen and oxygen atoms in total. The Labute approximate surface area is 93.1 Å². The minimum absolute atomic E-state index is 0.215. The van der Waals surface area contributed by atoms with Crippen LogP contribution in [0.5, 0.6) is 0 Å². The van der Waals surface area contributed by atoms with Gasteiger partial charge in [0.2, 0.25) is 6.08 Å². The van der Waals surface area contributed by atoms with Crippen LogP contribution in [0.15, 0.2) is 21.6 Å². The summed E-state index contributed by atoms with van der Waals surface area (Å²) >= 11 is 2.81. The first-order valence-corrected chi connectivity index (χ1v) is 5.13. The SMILES string of the molecule is O=C=NC1(c2ccc(F)c(Br)c2F)CC1. The van der Waals surface area contributed by atoms with E-state index >= 15 is 0 Å². The smallest absolute Gasteiger partial charge is 0.211 e. The summed E-state index contributed by atoms with van der Waals surface area (Å²) in [6.45, 7) is 0. The lowest BCUT2D eigenvalue weighted by atomic mass is 10.1. The summed E-state index contributed by atoms with van der Waals surface area (Å²) in [5.41, 5.74) is -0.554. The molecule has 0 aromatic heterocycles. The molecule has 0 saturated heterocycles. The summed E-state index contributed by atoms with van der Waals surface area (Å²) in [6, 6.07) is 2.48. The van der Waals surface area contributed by atoms with Crippen LogP contribution in [0.2, 0.25) is 0 Å². The van der Waals surface area contributed by atoms with Crippen molar-refractivity contribution in [2.24, 2.45) is 4.99 Å². The number of halogens is 3. The average Bonchev–Trinajstić information content (AvgIpc) is 2.96. The second kappa shape index (κ2) is 3.51. The van der Waals surface area contributed by atoms with Crippen molar-refractivity contribution in [1.82, 2.24) is 0 Å². The minimum atomic E-state index is -0.804. The zero-order chi connectivity index (χ0) is 11.1. The van der Waals surface area contributed by atoms with Crippen molar-refractivity contribution < 1.29 is 13.6 Å². The van der Waals surface area contributed by atoms with Crippen LogP contribution in [0.25, 0.3) is 0 Å². The van der Waals surface area contributed by atoms with Crippen LogP contribution >= 0.6 is 15.9 Å². The molecule has 1 aliphatic rings. The van der Waals surface area contributed by atoms with E-state index in [0.717, 1.165) is 6.07 Å². The molecule has 0 radical (unpaired) electrons. The number of hydrogen-bond donors (Lipinski definition) is 0. The molecule has 0 heterocycles. The predicted molar refractivity (Wildman–Crippen MR) is 53.1 cm³/mol. The van der Waals surface area contributed by atoms with Gasteiger partial charge in [-0.05, 0) is 34.8 Å². The lowest BCUT2D eigenvalue weighted by Gasteiger charge is -2.10.